The molecule has 0 aliphatic carbocycles. The highest BCUT2D eigenvalue weighted by atomic mass is 16.5. The van der Waals surface area contributed by atoms with Crippen molar-refractivity contribution in [2.75, 3.05) is 23.4 Å². The number of anilines is 2. The first kappa shape index (κ1) is 16.7. The molecule has 1 atom stereocenters. The van der Waals surface area contributed by atoms with E-state index in [0.29, 0.717) is 30.2 Å². The van der Waals surface area contributed by atoms with Gasteiger partial charge in [-0.1, -0.05) is 0 Å². The molecule has 0 saturated heterocycles. The largest absolute Gasteiger partial charge is 0.482 e. The van der Waals surface area contributed by atoms with Crippen LogP contribution in [0.5, 0.6) is 5.75 Å². The number of rotatable bonds is 5. The zero-order valence-corrected chi connectivity index (χ0v) is 14.1. The molecule has 0 radical (unpaired) electrons. The third kappa shape index (κ3) is 3.87. The first-order valence-corrected chi connectivity index (χ1v) is 8.04. The summed E-state index contributed by atoms with van der Waals surface area (Å²) in [5, 5.41) is 9.61. The lowest BCUT2D eigenvalue weighted by Gasteiger charge is -2.28. The topological polar surface area (TPSA) is 101 Å². The standard InChI is InChI=1S/C16H20N6O3/c1-3-22-13-6-12(4-5-14(13)25-8-15(22)23)20-16(24)19-11(2)7-21-10-17-9-18-21/h4-6,9-11H,3,7-8H2,1-2H3,(H2,19,20,24)/t11-/m0/s1. The van der Waals surface area contributed by atoms with E-state index in [-0.39, 0.29) is 24.6 Å². The van der Waals surface area contributed by atoms with Crippen LogP contribution in [0.25, 0.3) is 0 Å². The third-order valence-corrected chi connectivity index (χ3v) is 3.78. The average molecular weight is 344 g/mol. The summed E-state index contributed by atoms with van der Waals surface area (Å²) < 4.78 is 7.06. The molecule has 2 heterocycles. The lowest BCUT2D eigenvalue weighted by Crippen LogP contribution is -2.39. The first-order valence-electron chi connectivity index (χ1n) is 8.04. The lowest BCUT2D eigenvalue weighted by atomic mass is 10.2. The number of carbonyl (C=O) groups excluding carboxylic acids is 2. The molecule has 0 spiro atoms. The van der Waals surface area contributed by atoms with Crippen molar-refractivity contribution >= 4 is 23.3 Å². The Hall–Kier alpha value is -3.10. The van der Waals surface area contributed by atoms with Crippen molar-refractivity contribution in [1.82, 2.24) is 20.1 Å². The van der Waals surface area contributed by atoms with Crippen molar-refractivity contribution in [3.05, 3.63) is 30.9 Å². The fourth-order valence-electron chi connectivity index (χ4n) is 2.67. The van der Waals surface area contributed by atoms with Gasteiger partial charge in [0.05, 0.1) is 12.2 Å². The van der Waals surface area contributed by atoms with Gasteiger partial charge in [0.25, 0.3) is 5.91 Å². The van der Waals surface area contributed by atoms with E-state index in [2.05, 4.69) is 20.7 Å². The number of hydrogen-bond donors (Lipinski definition) is 2. The third-order valence-electron chi connectivity index (χ3n) is 3.78. The smallest absolute Gasteiger partial charge is 0.319 e. The Labute approximate surface area is 145 Å². The number of benzene rings is 1. The van der Waals surface area contributed by atoms with E-state index in [1.807, 2.05) is 13.8 Å². The number of fused-ring (bicyclic) bond motifs is 1. The Balaban J connectivity index is 1.63. The summed E-state index contributed by atoms with van der Waals surface area (Å²) in [5.41, 5.74) is 1.24. The van der Waals surface area contributed by atoms with Crippen LogP contribution < -0.4 is 20.3 Å². The summed E-state index contributed by atoms with van der Waals surface area (Å²) in [7, 11) is 0. The van der Waals surface area contributed by atoms with Crippen LogP contribution in [-0.4, -0.2) is 45.9 Å². The maximum absolute atomic E-state index is 12.2. The Morgan fingerprint density at radius 2 is 2.28 bits per heavy atom. The van der Waals surface area contributed by atoms with Crippen LogP contribution in [0.15, 0.2) is 30.9 Å². The highest BCUT2D eigenvalue weighted by molar-refractivity contribution is 5.99. The Bertz CT molecular complexity index is 761. The summed E-state index contributed by atoms with van der Waals surface area (Å²) >= 11 is 0. The van der Waals surface area contributed by atoms with Gasteiger partial charge >= 0.3 is 6.03 Å². The van der Waals surface area contributed by atoms with Gasteiger partial charge in [-0.3, -0.25) is 9.48 Å². The second-order valence-corrected chi connectivity index (χ2v) is 5.73. The molecule has 1 aromatic carbocycles. The van der Waals surface area contributed by atoms with Gasteiger partial charge in [0.1, 0.15) is 18.4 Å². The fourth-order valence-corrected chi connectivity index (χ4v) is 2.67. The van der Waals surface area contributed by atoms with Crippen LogP contribution in [0.2, 0.25) is 0 Å². The summed E-state index contributed by atoms with van der Waals surface area (Å²) in [4.78, 5) is 29.6. The average Bonchev–Trinajstić information content (AvgIpc) is 3.07. The molecule has 132 valence electrons. The number of likely N-dealkylation sites (N-methyl/N-ethyl adjacent to an activating group) is 1. The monoisotopic (exact) mass is 344 g/mol. The van der Waals surface area contributed by atoms with Gasteiger partial charge in [-0.2, -0.15) is 5.10 Å². The second kappa shape index (κ2) is 7.20. The molecule has 2 aromatic rings. The van der Waals surface area contributed by atoms with Crippen molar-refractivity contribution in [3.63, 3.8) is 0 Å². The number of nitrogens with one attached hydrogen (secondary N) is 2. The van der Waals surface area contributed by atoms with E-state index in [4.69, 9.17) is 4.74 Å². The van der Waals surface area contributed by atoms with Gasteiger partial charge in [-0.05, 0) is 32.0 Å². The van der Waals surface area contributed by atoms with E-state index in [9.17, 15) is 9.59 Å². The van der Waals surface area contributed by atoms with Gasteiger partial charge in [0.15, 0.2) is 6.61 Å². The fraction of sp³-hybridized carbons (Fsp3) is 0.375. The highest BCUT2D eigenvalue weighted by Crippen LogP contribution is 2.34. The highest BCUT2D eigenvalue weighted by Gasteiger charge is 2.24. The van der Waals surface area contributed by atoms with Crippen molar-refractivity contribution in [1.29, 1.82) is 0 Å². The predicted molar refractivity (Wildman–Crippen MR) is 91.6 cm³/mol. The predicted octanol–water partition coefficient (Wildman–Crippen LogP) is 1.23. The number of amides is 3. The number of hydrogen-bond acceptors (Lipinski definition) is 5. The zero-order chi connectivity index (χ0) is 17.8. The second-order valence-electron chi connectivity index (χ2n) is 5.73. The number of aromatic nitrogens is 3. The van der Waals surface area contributed by atoms with Gasteiger partial charge in [-0.15, -0.1) is 0 Å². The van der Waals surface area contributed by atoms with Gasteiger partial charge in [0, 0.05) is 18.3 Å². The normalized spacial score (nSPS) is 14.5. The van der Waals surface area contributed by atoms with Crippen molar-refractivity contribution in [3.8, 4) is 5.75 Å². The Kier molecular flexibility index (Phi) is 4.82. The minimum absolute atomic E-state index is 0.0356. The van der Waals surface area contributed by atoms with Crippen LogP contribution >= 0.6 is 0 Å². The molecular weight excluding hydrogens is 324 g/mol. The van der Waals surface area contributed by atoms with E-state index >= 15 is 0 Å². The maximum Gasteiger partial charge on any atom is 0.319 e. The number of ether oxygens (including phenoxy) is 1. The molecular formula is C16H20N6O3. The maximum atomic E-state index is 12.2. The van der Waals surface area contributed by atoms with Crippen molar-refractivity contribution in [2.45, 2.75) is 26.4 Å². The molecule has 2 N–H and O–H groups in total. The van der Waals surface area contributed by atoms with Gasteiger partial charge < -0.3 is 20.3 Å². The molecule has 9 nitrogen and oxygen atoms in total. The van der Waals surface area contributed by atoms with E-state index in [1.165, 1.54) is 6.33 Å². The lowest BCUT2D eigenvalue weighted by molar-refractivity contribution is -0.121. The minimum atomic E-state index is -0.335. The van der Waals surface area contributed by atoms with E-state index < -0.39 is 0 Å². The van der Waals surface area contributed by atoms with Crippen molar-refractivity contribution in [2.24, 2.45) is 0 Å². The number of urea groups is 1. The number of carbonyl (C=O) groups is 2. The molecule has 1 aromatic heterocycles. The van der Waals surface area contributed by atoms with E-state index in [0.717, 1.165) is 0 Å². The summed E-state index contributed by atoms with van der Waals surface area (Å²) in [6.07, 6.45) is 3.04. The Morgan fingerprint density at radius 1 is 1.44 bits per heavy atom. The van der Waals surface area contributed by atoms with Crippen LogP contribution in [0, 0.1) is 0 Å². The van der Waals surface area contributed by atoms with Gasteiger partial charge in [0.2, 0.25) is 0 Å². The molecule has 25 heavy (non-hydrogen) atoms. The molecule has 3 rings (SSSR count). The summed E-state index contributed by atoms with van der Waals surface area (Å²) in [6, 6.07) is 4.76. The van der Waals surface area contributed by atoms with Crippen LogP contribution in [0.4, 0.5) is 16.2 Å². The molecule has 0 fully saturated rings. The van der Waals surface area contributed by atoms with Gasteiger partial charge in [-0.25, -0.2) is 9.78 Å². The zero-order valence-electron chi connectivity index (χ0n) is 14.1. The van der Waals surface area contributed by atoms with Crippen LogP contribution in [-0.2, 0) is 11.3 Å². The molecule has 0 bridgehead atoms. The minimum Gasteiger partial charge on any atom is -0.482 e. The molecule has 0 saturated carbocycles. The molecule has 1 aliphatic heterocycles. The SMILES string of the molecule is CCN1C(=O)COc2ccc(NC(=O)N[C@@H](C)Cn3cncn3)cc21. The van der Waals surface area contributed by atoms with E-state index in [1.54, 1.807) is 34.1 Å². The molecule has 3 amide bonds. The first-order chi connectivity index (χ1) is 12.1. The Morgan fingerprint density at radius 3 is 3.00 bits per heavy atom. The molecule has 9 heteroatoms. The molecule has 0 unspecified atom stereocenters. The molecule has 1 aliphatic rings. The summed E-state index contributed by atoms with van der Waals surface area (Å²) in [6.45, 7) is 4.86. The van der Waals surface area contributed by atoms with Crippen LogP contribution in [0.3, 0.4) is 0 Å². The van der Waals surface area contributed by atoms with Crippen LogP contribution in [0.1, 0.15) is 13.8 Å². The summed E-state index contributed by atoms with van der Waals surface area (Å²) in [5.74, 6) is 0.532. The van der Waals surface area contributed by atoms with Crippen molar-refractivity contribution < 1.29 is 14.3 Å². The number of nitrogens with zero attached hydrogens (tertiary/aromatic N) is 4. The quantitative estimate of drug-likeness (QED) is 0.849.